The lowest BCUT2D eigenvalue weighted by atomic mass is 10.5. The summed E-state index contributed by atoms with van der Waals surface area (Å²) >= 11 is 1.86. The number of aliphatic imine (C=N–C) groups is 1. The zero-order valence-corrected chi connectivity index (χ0v) is 6.03. The van der Waals surface area contributed by atoms with Crippen molar-refractivity contribution in [2.75, 3.05) is 13.6 Å². The molecule has 0 aromatic rings. The van der Waals surface area contributed by atoms with Crippen molar-refractivity contribution in [2.45, 2.75) is 12.2 Å². The predicted octanol–water partition coefficient (Wildman–Crippen LogP) is -0.329. The molecule has 0 bridgehead atoms. The summed E-state index contributed by atoms with van der Waals surface area (Å²) in [5.74, 6) is 0. The highest BCUT2D eigenvalue weighted by Gasteiger charge is 2.19. The van der Waals surface area contributed by atoms with Crippen LogP contribution in [0.25, 0.3) is 0 Å². The van der Waals surface area contributed by atoms with E-state index >= 15 is 0 Å². The van der Waals surface area contributed by atoms with E-state index in [-0.39, 0.29) is 0 Å². The van der Waals surface area contributed by atoms with Crippen LogP contribution in [0.4, 0.5) is 0 Å². The SMILES string of the molecule is CN=C1[NH2+]CC(C)S1. The molecule has 2 nitrogen and oxygen atoms in total. The quantitative estimate of drug-likeness (QED) is 0.479. The Balaban J connectivity index is 2.44. The summed E-state index contributed by atoms with van der Waals surface area (Å²) < 4.78 is 0. The van der Waals surface area contributed by atoms with Crippen LogP contribution in [0.15, 0.2) is 4.99 Å². The van der Waals surface area contributed by atoms with Crippen LogP contribution in [0.2, 0.25) is 0 Å². The summed E-state index contributed by atoms with van der Waals surface area (Å²) in [6.07, 6.45) is 0. The summed E-state index contributed by atoms with van der Waals surface area (Å²) in [6.45, 7) is 3.41. The average Bonchev–Trinajstić information content (AvgIpc) is 2.14. The first-order chi connectivity index (χ1) is 3.83. The molecule has 1 fully saturated rings. The molecule has 0 radical (unpaired) electrons. The Morgan fingerprint density at radius 3 is 2.88 bits per heavy atom. The van der Waals surface area contributed by atoms with E-state index in [0.717, 1.165) is 5.25 Å². The van der Waals surface area contributed by atoms with E-state index in [1.54, 1.807) is 0 Å². The summed E-state index contributed by atoms with van der Waals surface area (Å²) in [6, 6.07) is 0. The van der Waals surface area contributed by atoms with Gasteiger partial charge >= 0.3 is 0 Å². The maximum absolute atomic E-state index is 4.06. The predicted molar refractivity (Wildman–Crippen MR) is 37.2 cm³/mol. The third-order valence-electron chi connectivity index (χ3n) is 1.17. The fraction of sp³-hybridized carbons (Fsp3) is 0.800. The van der Waals surface area contributed by atoms with Gasteiger partial charge in [-0.05, 0) is 18.7 Å². The van der Waals surface area contributed by atoms with Crippen LogP contribution >= 0.6 is 11.8 Å². The zero-order chi connectivity index (χ0) is 5.98. The van der Waals surface area contributed by atoms with Crippen LogP contribution in [-0.4, -0.2) is 24.0 Å². The molecule has 0 amide bonds. The fourth-order valence-corrected chi connectivity index (χ4v) is 1.62. The topological polar surface area (TPSA) is 29.0 Å². The lowest BCUT2D eigenvalue weighted by Gasteiger charge is -1.84. The van der Waals surface area contributed by atoms with E-state index in [9.17, 15) is 0 Å². The van der Waals surface area contributed by atoms with Crippen LogP contribution < -0.4 is 5.32 Å². The largest absolute Gasteiger partial charge is 0.291 e. The maximum Gasteiger partial charge on any atom is 0.255 e. The number of nitrogens with two attached hydrogens (primary N) is 1. The van der Waals surface area contributed by atoms with Crippen LogP contribution in [0.1, 0.15) is 6.92 Å². The number of hydrogen-bond acceptors (Lipinski definition) is 2. The van der Waals surface area contributed by atoms with Crippen molar-refractivity contribution in [2.24, 2.45) is 4.99 Å². The molecule has 46 valence electrons. The molecule has 0 spiro atoms. The molecule has 0 aromatic heterocycles. The van der Waals surface area contributed by atoms with E-state index in [0.29, 0.717) is 0 Å². The Hall–Kier alpha value is -0.0200. The molecule has 0 aliphatic carbocycles. The Kier molecular flexibility index (Phi) is 1.91. The summed E-state index contributed by atoms with van der Waals surface area (Å²) in [5, 5.41) is 4.15. The zero-order valence-electron chi connectivity index (χ0n) is 5.22. The molecule has 8 heavy (non-hydrogen) atoms. The number of quaternary nitrogens is 1. The molecule has 0 saturated carbocycles. The van der Waals surface area contributed by atoms with E-state index in [4.69, 9.17) is 0 Å². The average molecular weight is 131 g/mol. The molecule has 1 rings (SSSR count). The van der Waals surface area contributed by atoms with Crippen LogP contribution in [0, 0.1) is 0 Å². The summed E-state index contributed by atoms with van der Waals surface area (Å²) in [7, 11) is 1.84. The highest BCUT2D eigenvalue weighted by molar-refractivity contribution is 8.14. The Bertz CT molecular complexity index is 111. The highest BCUT2D eigenvalue weighted by atomic mass is 32.2. The van der Waals surface area contributed by atoms with Gasteiger partial charge in [0.2, 0.25) is 0 Å². The monoisotopic (exact) mass is 131 g/mol. The van der Waals surface area contributed by atoms with Gasteiger partial charge in [0.1, 0.15) is 0 Å². The molecular weight excluding hydrogens is 120 g/mol. The van der Waals surface area contributed by atoms with Crippen molar-refractivity contribution < 1.29 is 5.32 Å². The number of rotatable bonds is 0. The molecule has 0 aromatic carbocycles. The Morgan fingerprint density at radius 2 is 2.62 bits per heavy atom. The Labute approximate surface area is 53.8 Å². The lowest BCUT2D eigenvalue weighted by molar-refractivity contribution is -0.528. The Morgan fingerprint density at radius 1 is 1.88 bits per heavy atom. The molecule has 1 unspecified atom stereocenters. The second kappa shape index (κ2) is 2.51. The smallest absolute Gasteiger partial charge is 0.255 e. The van der Waals surface area contributed by atoms with Crippen molar-refractivity contribution in [3.05, 3.63) is 0 Å². The molecule has 1 aliphatic heterocycles. The summed E-state index contributed by atoms with van der Waals surface area (Å²) in [4.78, 5) is 4.06. The van der Waals surface area contributed by atoms with Crippen molar-refractivity contribution in [3.8, 4) is 0 Å². The van der Waals surface area contributed by atoms with Gasteiger partial charge in [-0.1, -0.05) is 0 Å². The first-order valence-corrected chi connectivity index (χ1v) is 3.67. The molecule has 1 aliphatic rings. The van der Waals surface area contributed by atoms with Crippen molar-refractivity contribution in [3.63, 3.8) is 0 Å². The maximum atomic E-state index is 4.06. The fourth-order valence-electron chi connectivity index (χ4n) is 0.713. The van der Waals surface area contributed by atoms with Gasteiger partial charge in [0.15, 0.2) is 0 Å². The first kappa shape index (κ1) is 6.11. The third-order valence-corrected chi connectivity index (χ3v) is 2.35. The van der Waals surface area contributed by atoms with Crippen molar-refractivity contribution in [1.82, 2.24) is 0 Å². The molecule has 3 heteroatoms. The van der Waals surface area contributed by atoms with Crippen molar-refractivity contribution >= 4 is 16.9 Å². The second-order valence-electron chi connectivity index (χ2n) is 1.93. The van der Waals surface area contributed by atoms with E-state index < -0.39 is 0 Å². The van der Waals surface area contributed by atoms with E-state index in [1.165, 1.54) is 11.7 Å². The van der Waals surface area contributed by atoms with Gasteiger partial charge in [-0.25, -0.2) is 4.99 Å². The van der Waals surface area contributed by atoms with Crippen LogP contribution in [0.5, 0.6) is 0 Å². The molecule has 1 heterocycles. The highest BCUT2D eigenvalue weighted by Crippen LogP contribution is 2.10. The van der Waals surface area contributed by atoms with Gasteiger partial charge in [-0.2, -0.15) is 0 Å². The minimum absolute atomic E-state index is 0.758. The molecule has 2 N–H and O–H groups in total. The number of hydrogen-bond donors (Lipinski definition) is 1. The number of amidine groups is 1. The van der Waals surface area contributed by atoms with Gasteiger partial charge in [-0.15, -0.1) is 0 Å². The third kappa shape index (κ3) is 1.23. The van der Waals surface area contributed by atoms with Gasteiger partial charge in [0.25, 0.3) is 5.17 Å². The number of thioether (sulfide) groups is 1. The number of nitrogens with zero attached hydrogens (tertiary/aromatic N) is 1. The van der Waals surface area contributed by atoms with Gasteiger partial charge < -0.3 is 0 Å². The summed E-state index contributed by atoms with van der Waals surface area (Å²) in [5.41, 5.74) is 0. The van der Waals surface area contributed by atoms with E-state index in [2.05, 4.69) is 17.2 Å². The minimum atomic E-state index is 0.758. The second-order valence-corrected chi connectivity index (χ2v) is 3.39. The minimum Gasteiger partial charge on any atom is -0.291 e. The molecular formula is C5H11N2S+. The molecule has 1 atom stereocenters. The van der Waals surface area contributed by atoms with Crippen LogP contribution in [0.3, 0.4) is 0 Å². The first-order valence-electron chi connectivity index (χ1n) is 2.79. The van der Waals surface area contributed by atoms with E-state index in [1.807, 2.05) is 18.8 Å². The van der Waals surface area contributed by atoms with Crippen molar-refractivity contribution in [1.29, 1.82) is 0 Å². The molecule has 1 saturated heterocycles. The van der Waals surface area contributed by atoms with Crippen LogP contribution in [-0.2, 0) is 0 Å². The normalized spacial score (nSPS) is 34.2. The van der Waals surface area contributed by atoms with Gasteiger partial charge in [-0.3, -0.25) is 5.32 Å². The van der Waals surface area contributed by atoms with Gasteiger partial charge in [0.05, 0.1) is 11.8 Å². The van der Waals surface area contributed by atoms with Gasteiger partial charge in [0, 0.05) is 7.05 Å². The lowest BCUT2D eigenvalue weighted by Crippen LogP contribution is -2.84. The standard InChI is InChI=1S/C5H10N2S/c1-4-3-7-5(6-2)8-4/h4H,3H2,1-2H3,(H,6,7)/p+1.